The number of carbonyl (C=O) groups is 1. The lowest BCUT2D eigenvalue weighted by Crippen LogP contribution is -2.41. The van der Waals surface area contributed by atoms with E-state index in [0.717, 1.165) is 24.5 Å². The zero-order valence-corrected chi connectivity index (χ0v) is 14.1. The van der Waals surface area contributed by atoms with Gasteiger partial charge in [-0.05, 0) is 48.9 Å². The molecule has 1 aliphatic carbocycles. The minimum absolute atomic E-state index is 0.0938. The normalized spacial score (nSPS) is 19.4. The molecule has 1 atom stereocenters. The Morgan fingerprint density at radius 3 is 2.67 bits per heavy atom. The molecule has 0 bridgehead atoms. The lowest BCUT2D eigenvalue weighted by Gasteiger charge is -2.29. The van der Waals surface area contributed by atoms with Gasteiger partial charge in [0.1, 0.15) is 0 Å². The number of nitrogens with one attached hydrogen (secondary N) is 1. The molecule has 4 heteroatoms. The summed E-state index contributed by atoms with van der Waals surface area (Å²) in [5.74, 6) is 0.159. The van der Waals surface area contributed by atoms with Crippen LogP contribution in [-0.2, 0) is 11.2 Å². The molecular weight excluding hydrogens is 284 g/mol. The maximum absolute atomic E-state index is 12.2. The number of rotatable bonds is 5. The van der Waals surface area contributed by atoms with Crippen molar-refractivity contribution < 1.29 is 4.79 Å². The van der Waals surface area contributed by atoms with Gasteiger partial charge in [-0.3, -0.25) is 4.79 Å². The first-order valence-corrected chi connectivity index (χ1v) is 8.06. The fraction of sp³-hybridized carbons (Fsp3) is 0.588. The van der Waals surface area contributed by atoms with Crippen molar-refractivity contribution in [3.8, 4) is 0 Å². The highest BCUT2D eigenvalue weighted by Gasteiger charge is 2.39. The summed E-state index contributed by atoms with van der Waals surface area (Å²) in [7, 11) is 0. The average Bonchev–Trinajstić information content (AvgIpc) is 2.67. The number of fused-ring (bicyclic) bond motifs is 1. The number of hydrogen-bond donors (Lipinski definition) is 1. The van der Waals surface area contributed by atoms with E-state index in [0.29, 0.717) is 6.54 Å². The molecule has 1 aromatic rings. The van der Waals surface area contributed by atoms with Crippen molar-refractivity contribution in [3.63, 3.8) is 0 Å². The van der Waals surface area contributed by atoms with Crippen molar-refractivity contribution in [2.24, 2.45) is 5.41 Å². The minimum Gasteiger partial charge on any atom is -0.342 e. The fourth-order valence-electron chi connectivity index (χ4n) is 3.27. The fourth-order valence-corrected chi connectivity index (χ4v) is 3.45. The van der Waals surface area contributed by atoms with Crippen LogP contribution in [0.2, 0.25) is 5.02 Å². The Hall–Kier alpha value is -1.06. The monoisotopic (exact) mass is 308 g/mol. The van der Waals surface area contributed by atoms with Crippen molar-refractivity contribution in [1.29, 1.82) is 0 Å². The van der Waals surface area contributed by atoms with Crippen LogP contribution in [0.4, 0.5) is 0 Å². The van der Waals surface area contributed by atoms with Crippen molar-refractivity contribution in [3.05, 3.63) is 34.3 Å². The average molecular weight is 309 g/mol. The van der Waals surface area contributed by atoms with Gasteiger partial charge in [0.25, 0.3) is 0 Å². The van der Waals surface area contributed by atoms with Gasteiger partial charge in [-0.25, -0.2) is 0 Å². The Bertz CT molecular complexity index is 524. The SMILES string of the molecule is CCN(CC)C(=O)CNC1c2cc(Cl)ccc2CC1(C)C. The van der Waals surface area contributed by atoms with Crippen molar-refractivity contribution in [2.45, 2.75) is 40.2 Å². The van der Waals surface area contributed by atoms with Crippen molar-refractivity contribution in [1.82, 2.24) is 10.2 Å². The van der Waals surface area contributed by atoms with Gasteiger partial charge in [0.2, 0.25) is 5.91 Å². The highest BCUT2D eigenvalue weighted by atomic mass is 35.5. The van der Waals surface area contributed by atoms with Crippen molar-refractivity contribution >= 4 is 17.5 Å². The van der Waals surface area contributed by atoms with Gasteiger partial charge in [0.05, 0.1) is 6.54 Å². The molecule has 0 spiro atoms. The molecule has 0 aliphatic heterocycles. The molecule has 0 heterocycles. The molecule has 2 rings (SSSR count). The molecule has 0 saturated carbocycles. The van der Waals surface area contributed by atoms with Crippen LogP contribution in [-0.4, -0.2) is 30.4 Å². The lowest BCUT2D eigenvalue weighted by molar-refractivity contribution is -0.130. The Kier molecular flexibility index (Phi) is 4.95. The van der Waals surface area contributed by atoms with Gasteiger partial charge >= 0.3 is 0 Å². The number of hydrogen-bond acceptors (Lipinski definition) is 2. The van der Waals surface area contributed by atoms with Gasteiger partial charge in [-0.1, -0.05) is 31.5 Å². The summed E-state index contributed by atoms with van der Waals surface area (Å²) in [6.45, 7) is 10.4. The van der Waals surface area contributed by atoms with Crippen LogP contribution in [0.15, 0.2) is 18.2 Å². The van der Waals surface area contributed by atoms with Crippen LogP contribution < -0.4 is 5.32 Å². The number of amides is 1. The smallest absolute Gasteiger partial charge is 0.236 e. The summed E-state index contributed by atoms with van der Waals surface area (Å²) >= 11 is 6.14. The Morgan fingerprint density at radius 1 is 1.38 bits per heavy atom. The highest BCUT2D eigenvalue weighted by molar-refractivity contribution is 6.30. The van der Waals surface area contributed by atoms with Gasteiger partial charge in [-0.15, -0.1) is 0 Å². The molecule has 0 fully saturated rings. The number of nitrogens with zero attached hydrogens (tertiary/aromatic N) is 1. The van der Waals surface area contributed by atoms with E-state index in [1.807, 2.05) is 30.9 Å². The van der Waals surface area contributed by atoms with Crippen LogP contribution in [0.25, 0.3) is 0 Å². The van der Waals surface area contributed by atoms with E-state index in [4.69, 9.17) is 11.6 Å². The lowest BCUT2D eigenvalue weighted by atomic mass is 9.85. The molecule has 1 N–H and O–H groups in total. The standard InChI is InChI=1S/C17H25ClN2O/c1-5-20(6-2)15(21)11-19-16-14-9-13(18)8-7-12(14)10-17(16,3)4/h7-9,16,19H,5-6,10-11H2,1-4H3. The molecule has 0 radical (unpaired) electrons. The molecule has 1 unspecified atom stereocenters. The predicted octanol–water partition coefficient (Wildman–Crippen LogP) is 3.42. The highest BCUT2D eigenvalue weighted by Crippen LogP contribution is 2.45. The van der Waals surface area contributed by atoms with Crippen LogP contribution >= 0.6 is 11.6 Å². The van der Waals surface area contributed by atoms with Gasteiger partial charge < -0.3 is 10.2 Å². The molecule has 1 aromatic carbocycles. The molecule has 1 aliphatic rings. The molecule has 0 aromatic heterocycles. The third-order valence-corrected chi connectivity index (χ3v) is 4.66. The molecule has 116 valence electrons. The van der Waals surface area contributed by atoms with E-state index in [2.05, 4.69) is 25.2 Å². The number of halogens is 1. The molecule has 0 saturated heterocycles. The largest absolute Gasteiger partial charge is 0.342 e. The Morgan fingerprint density at radius 2 is 2.05 bits per heavy atom. The zero-order valence-electron chi connectivity index (χ0n) is 13.4. The Balaban J connectivity index is 2.12. The summed E-state index contributed by atoms with van der Waals surface area (Å²) in [6.07, 6.45) is 1.01. The third-order valence-electron chi connectivity index (χ3n) is 4.42. The van der Waals surface area contributed by atoms with Crippen LogP contribution in [0.5, 0.6) is 0 Å². The first kappa shape index (κ1) is 16.3. The number of likely N-dealkylation sites (N-methyl/N-ethyl adjacent to an activating group) is 1. The second-order valence-electron chi connectivity index (χ2n) is 6.39. The van der Waals surface area contributed by atoms with Gasteiger partial charge in [-0.2, -0.15) is 0 Å². The van der Waals surface area contributed by atoms with E-state index in [1.165, 1.54) is 11.1 Å². The summed E-state index contributed by atoms with van der Waals surface area (Å²) in [5.41, 5.74) is 2.66. The zero-order chi connectivity index (χ0) is 15.6. The summed E-state index contributed by atoms with van der Waals surface area (Å²) in [5, 5.41) is 4.21. The topological polar surface area (TPSA) is 32.3 Å². The van der Waals surface area contributed by atoms with E-state index in [-0.39, 0.29) is 17.4 Å². The molecule has 1 amide bonds. The minimum atomic E-state index is 0.0938. The van der Waals surface area contributed by atoms with Crippen LogP contribution in [0.1, 0.15) is 44.9 Å². The first-order valence-electron chi connectivity index (χ1n) is 7.68. The maximum atomic E-state index is 12.2. The van der Waals surface area contributed by atoms with E-state index < -0.39 is 0 Å². The maximum Gasteiger partial charge on any atom is 0.236 e. The second-order valence-corrected chi connectivity index (χ2v) is 6.82. The van der Waals surface area contributed by atoms with E-state index in [1.54, 1.807) is 0 Å². The summed E-state index contributed by atoms with van der Waals surface area (Å²) < 4.78 is 0. The quantitative estimate of drug-likeness (QED) is 0.904. The van der Waals surface area contributed by atoms with Crippen LogP contribution in [0.3, 0.4) is 0 Å². The number of benzene rings is 1. The molecular formula is C17H25ClN2O. The van der Waals surface area contributed by atoms with Crippen molar-refractivity contribution in [2.75, 3.05) is 19.6 Å². The van der Waals surface area contributed by atoms with Gasteiger partial charge in [0.15, 0.2) is 0 Å². The molecule has 3 nitrogen and oxygen atoms in total. The predicted molar refractivity (Wildman–Crippen MR) is 87.6 cm³/mol. The second kappa shape index (κ2) is 6.37. The van der Waals surface area contributed by atoms with Crippen LogP contribution in [0, 0.1) is 5.41 Å². The van der Waals surface area contributed by atoms with Gasteiger partial charge in [0, 0.05) is 24.2 Å². The first-order chi connectivity index (χ1) is 9.89. The summed E-state index contributed by atoms with van der Waals surface area (Å²) in [6, 6.07) is 6.25. The Labute approximate surface area is 132 Å². The summed E-state index contributed by atoms with van der Waals surface area (Å²) in [4.78, 5) is 14.0. The van der Waals surface area contributed by atoms with E-state index >= 15 is 0 Å². The number of carbonyl (C=O) groups excluding carboxylic acids is 1. The third kappa shape index (κ3) is 3.41. The molecule has 21 heavy (non-hydrogen) atoms. The van der Waals surface area contributed by atoms with E-state index in [9.17, 15) is 4.79 Å².